The van der Waals surface area contributed by atoms with E-state index in [0.717, 1.165) is 35.9 Å². The number of halogens is 1. The minimum Gasteiger partial charge on any atom is -0.344 e. The molecule has 0 bridgehead atoms. The monoisotopic (exact) mass is 294 g/mol. The summed E-state index contributed by atoms with van der Waals surface area (Å²) in [7, 11) is 1.96. The fraction of sp³-hybridized carbons (Fsp3) is 0.533. The van der Waals surface area contributed by atoms with Crippen molar-refractivity contribution in [1.29, 1.82) is 0 Å². The Labute approximate surface area is 125 Å². The lowest BCUT2D eigenvalue weighted by Crippen LogP contribution is -2.21. The molecule has 110 valence electrons. The number of nitrogens with one attached hydrogen (secondary N) is 1. The molecule has 1 atom stereocenters. The highest BCUT2D eigenvalue weighted by Crippen LogP contribution is 2.23. The zero-order chi connectivity index (χ0) is 14.7. The molecule has 2 aromatic rings. The molecule has 0 aliphatic rings. The molecule has 4 nitrogen and oxygen atoms in total. The van der Waals surface area contributed by atoms with Gasteiger partial charge in [-0.25, -0.2) is 0 Å². The van der Waals surface area contributed by atoms with Crippen LogP contribution in [0.4, 0.5) is 0 Å². The van der Waals surface area contributed by atoms with E-state index < -0.39 is 0 Å². The summed E-state index contributed by atoms with van der Waals surface area (Å²) in [6, 6.07) is 4.56. The van der Waals surface area contributed by atoms with Crippen LogP contribution in [0, 0.1) is 0 Å². The van der Waals surface area contributed by atoms with Gasteiger partial charge in [-0.15, -0.1) is 0 Å². The lowest BCUT2D eigenvalue weighted by atomic mass is 10.2. The number of aromatic nitrogens is 3. The Bertz CT molecular complexity index is 570. The van der Waals surface area contributed by atoms with Crippen LogP contribution in [-0.2, 0) is 20.0 Å². The topological polar surface area (TPSA) is 34.8 Å². The van der Waals surface area contributed by atoms with E-state index >= 15 is 0 Å². The quantitative estimate of drug-likeness (QED) is 0.888. The number of aryl methyl sites for hydroxylation is 2. The van der Waals surface area contributed by atoms with Crippen LogP contribution in [0.2, 0.25) is 5.02 Å². The van der Waals surface area contributed by atoms with Crippen molar-refractivity contribution in [3.8, 4) is 0 Å². The van der Waals surface area contributed by atoms with Crippen LogP contribution in [-0.4, -0.2) is 20.9 Å². The number of rotatable bonds is 6. The van der Waals surface area contributed by atoms with E-state index in [1.165, 1.54) is 5.69 Å². The third-order valence-corrected chi connectivity index (χ3v) is 4.08. The summed E-state index contributed by atoms with van der Waals surface area (Å²) in [6.07, 6.45) is 2.96. The standard InChI is InChI=1S/C15H23ClN4/c1-5-12-15(16)14(19(4)18-12)10-20-9-7-8-13(20)11(3)17-6-2/h7-9,11,17H,5-6,10H2,1-4H3. The maximum absolute atomic E-state index is 6.43. The van der Waals surface area contributed by atoms with Gasteiger partial charge in [0.15, 0.2) is 0 Å². The fourth-order valence-electron chi connectivity index (χ4n) is 2.53. The third kappa shape index (κ3) is 2.91. The Kier molecular flexibility index (Phi) is 4.89. The Balaban J connectivity index is 2.27. The molecule has 1 N–H and O–H groups in total. The smallest absolute Gasteiger partial charge is 0.0868 e. The van der Waals surface area contributed by atoms with E-state index in [9.17, 15) is 0 Å². The molecule has 0 spiro atoms. The van der Waals surface area contributed by atoms with Crippen LogP contribution < -0.4 is 5.32 Å². The molecule has 0 saturated carbocycles. The summed E-state index contributed by atoms with van der Waals surface area (Å²) >= 11 is 6.43. The molecule has 2 aromatic heterocycles. The Morgan fingerprint density at radius 3 is 2.75 bits per heavy atom. The molecule has 0 aliphatic heterocycles. The van der Waals surface area contributed by atoms with E-state index in [-0.39, 0.29) is 0 Å². The van der Waals surface area contributed by atoms with Gasteiger partial charge in [0.1, 0.15) is 0 Å². The molecule has 0 fully saturated rings. The number of hydrogen-bond donors (Lipinski definition) is 1. The van der Waals surface area contributed by atoms with Crippen LogP contribution in [0.1, 0.15) is 43.9 Å². The van der Waals surface area contributed by atoms with Crippen LogP contribution in [0.5, 0.6) is 0 Å². The predicted octanol–water partition coefficient (Wildman–Crippen LogP) is 3.16. The van der Waals surface area contributed by atoms with Crippen molar-refractivity contribution in [3.05, 3.63) is 40.4 Å². The van der Waals surface area contributed by atoms with E-state index in [1.54, 1.807) is 0 Å². The van der Waals surface area contributed by atoms with Gasteiger partial charge in [-0.05, 0) is 32.0 Å². The SMILES string of the molecule is CCNC(C)c1cccn1Cc1c(Cl)c(CC)nn1C. The minimum atomic E-state index is 0.327. The number of nitrogens with zero attached hydrogens (tertiary/aromatic N) is 3. The lowest BCUT2D eigenvalue weighted by molar-refractivity contribution is 0.545. The van der Waals surface area contributed by atoms with E-state index in [0.29, 0.717) is 6.04 Å². The van der Waals surface area contributed by atoms with Gasteiger partial charge in [-0.2, -0.15) is 5.10 Å². The summed E-state index contributed by atoms with van der Waals surface area (Å²) in [4.78, 5) is 0. The van der Waals surface area contributed by atoms with Gasteiger partial charge in [-0.1, -0.05) is 25.4 Å². The van der Waals surface area contributed by atoms with Gasteiger partial charge in [0, 0.05) is 25.0 Å². The third-order valence-electron chi connectivity index (χ3n) is 3.64. The minimum absolute atomic E-state index is 0.327. The average Bonchev–Trinajstić information content (AvgIpc) is 2.98. The van der Waals surface area contributed by atoms with E-state index in [4.69, 9.17) is 11.6 Å². The van der Waals surface area contributed by atoms with Crippen molar-refractivity contribution in [3.63, 3.8) is 0 Å². The first-order valence-corrected chi connectivity index (χ1v) is 7.54. The zero-order valence-electron chi connectivity index (χ0n) is 12.7. The first-order chi connectivity index (χ1) is 9.58. The van der Waals surface area contributed by atoms with Gasteiger partial charge in [-0.3, -0.25) is 4.68 Å². The average molecular weight is 295 g/mol. The molecule has 2 heterocycles. The molecule has 0 aliphatic carbocycles. The second-order valence-corrected chi connectivity index (χ2v) is 5.40. The van der Waals surface area contributed by atoms with Gasteiger partial charge in [0.05, 0.1) is 23.0 Å². The summed E-state index contributed by atoms with van der Waals surface area (Å²) < 4.78 is 4.12. The first kappa shape index (κ1) is 15.1. The van der Waals surface area contributed by atoms with Crippen molar-refractivity contribution in [2.24, 2.45) is 7.05 Å². The van der Waals surface area contributed by atoms with Crippen LogP contribution in [0.25, 0.3) is 0 Å². The Morgan fingerprint density at radius 1 is 1.40 bits per heavy atom. The van der Waals surface area contributed by atoms with E-state index in [1.807, 2.05) is 11.7 Å². The second-order valence-electron chi connectivity index (χ2n) is 5.02. The molecule has 0 amide bonds. The Morgan fingerprint density at radius 2 is 2.15 bits per heavy atom. The van der Waals surface area contributed by atoms with Crippen molar-refractivity contribution >= 4 is 11.6 Å². The molecule has 0 saturated heterocycles. The molecule has 20 heavy (non-hydrogen) atoms. The molecule has 1 unspecified atom stereocenters. The van der Waals surface area contributed by atoms with E-state index in [2.05, 4.69) is 54.1 Å². The van der Waals surface area contributed by atoms with Crippen LogP contribution in [0.15, 0.2) is 18.3 Å². The second kappa shape index (κ2) is 6.46. The van der Waals surface area contributed by atoms with Gasteiger partial charge >= 0.3 is 0 Å². The highest BCUT2D eigenvalue weighted by atomic mass is 35.5. The lowest BCUT2D eigenvalue weighted by Gasteiger charge is -2.16. The van der Waals surface area contributed by atoms with Gasteiger partial charge < -0.3 is 9.88 Å². The zero-order valence-corrected chi connectivity index (χ0v) is 13.4. The summed E-state index contributed by atoms with van der Waals surface area (Å²) in [5.41, 5.74) is 3.30. The molecule has 5 heteroatoms. The number of hydrogen-bond acceptors (Lipinski definition) is 2. The fourth-order valence-corrected chi connectivity index (χ4v) is 2.88. The summed E-state index contributed by atoms with van der Waals surface area (Å²) in [5.74, 6) is 0. The normalized spacial score (nSPS) is 12.8. The highest BCUT2D eigenvalue weighted by Gasteiger charge is 2.15. The van der Waals surface area contributed by atoms with Gasteiger partial charge in [0.25, 0.3) is 0 Å². The molecule has 0 aromatic carbocycles. The first-order valence-electron chi connectivity index (χ1n) is 7.17. The maximum atomic E-state index is 6.43. The molecule has 2 rings (SSSR count). The van der Waals surface area contributed by atoms with Crippen molar-refractivity contribution < 1.29 is 0 Å². The largest absolute Gasteiger partial charge is 0.344 e. The maximum Gasteiger partial charge on any atom is 0.0868 e. The van der Waals surface area contributed by atoms with Gasteiger partial charge in [0.2, 0.25) is 0 Å². The van der Waals surface area contributed by atoms with Crippen LogP contribution >= 0.6 is 11.6 Å². The summed E-state index contributed by atoms with van der Waals surface area (Å²) in [6.45, 7) is 8.08. The molecular formula is C15H23ClN4. The highest BCUT2D eigenvalue weighted by molar-refractivity contribution is 6.31. The van der Waals surface area contributed by atoms with Crippen molar-refractivity contribution in [1.82, 2.24) is 19.7 Å². The van der Waals surface area contributed by atoms with Crippen molar-refractivity contribution in [2.75, 3.05) is 6.54 Å². The Hall–Kier alpha value is -1.26. The molecule has 0 radical (unpaired) electrons. The summed E-state index contributed by atoms with van der Waals surface area (Å²) in [5, 5.41) is 8.72. The van der Waals surface area contributed by atoms with Crippen molar-refractivity contribution in [2.45, 2.75) is 39.8 Å². The van der Waals surface area contributed by atoms with Crippen LogP contribution in [0.3, 0.4) is 0 Å². The molecular weight excluding hydrogens is 272 g/mol. The predicted molar refractivity (Wildman–Crippen MR) is 83.2 cm³/mol.